The molecule has 23 heavy (non-hydrogen) atoms. The van der Waals surface area contributed by atoms with Crippen molar-refractivity contribution in [1.82, 2.24) is 10.6 Å². The standard InChI is InChI=1S/C18H37N3O2/c1-5-18(22,6-2)15-21-16(19-7-3)20-14-17(12-13-23-4)10-8-9-11-17/h22H,5-15H2,1-4H3,(H2,19,20,21). The molecule has 0 bridgehead atoms. The number of aliphatic imine (C=N–C) groups is 1. The molecule has 1 aliphatic carbocycles. The van der Waals surface area contributed by atoms with E-state index in [1.807, 2.05) is 13.8 Å². The molecule has 136 valence electrons. The molecule has 5 heteroatoms. The Balaban J connectivity index is 2.63. The lowest BCUT2D eigenvalue weighted by Gasteiger charge is -2.30. The molecule has 0 spiro atoms. The first-order valence-electron chi connectivity index (χ1n) is 9.26. The number of nitrogens with one attached hydrogen (secondary N) is 2. The zero-order valence-electron chi connectivity index (χ0n) is 15.6. The molecule has 0 saturated heterocycles. The Morgan fingerprint density at radius 1 is 1.17 bits per heavy atom. The Labute approximate surface area is 142 Å². The first-order valence-corrected chi connectivity index (χ1v) is 9.26. The van der Waals surface area contributed by atoms with Gasteiger partial charge in [-0.3, -0.25) is 4.99 Å². The molecule has 0 aliphatic heterocycles. The zero-order chi connectivity index (χ0) is 17.2. The molecule has 0 unspecified atom stereocenters. The van der Waals surface area contributed by atoms with Crippen LogP contribution in [0.3, 0.4) is 0 Å². The second-order valence-corrected chi connectivity index (χ2v) is 6.93. The highest BCUT2D eigenvalue weighted by atomic mass is 16.5. The molecule has 5 nitrogen and oxygen atoms in total. The molecule has 3 N–H and O–H groups in total. The molecular weight excluding hydrogens is 290 g/mol. The Morgan fingerprint density at radius 3 is 2.35 bits per heavy atom. The number of guanidine groups is 1. The van der Waals surface area contributed by atoms with Crippen LogP contribution in [0, 0.1) is 5.41 Å². The van der Waals surface area contributed by atoms with Crippen molar-refractivity contribution in [3.63, 3.8) is 0 Å². The highest BCUT2D eigenvalue weighted by Crippen LogP contribution is 2.40. The van der Waals surface area contributed by atoms with Crippen LogP contribution in [0.15, 0.2) is 4.99 Å². The second kappa shape index (κ2) is 10.1. The van der Waals surface area contributed by atoms with Crippen LogP contribution in [0.4, 0.5) is 0 Å². The van der Waals surface area contributed by atoms with Gasteiger partial charge in [-0.1, -0.05) is 26.7 Å². The fraction of sp³-hybridized carbons (Fsp3) is 0.944. The van der Waals surface area contributed by atoms with E-state index in [-0.39, 0.29) is 0 Å². The van der Waals surface area contributed by atoms with Crippen LogP contribution in [0.2, 0.25) is 0 Å². The van der Waals surface area contributed by atoms with Crippen molar-refractivity contribution < 1.29 is 9.84 Å². The van der Waals surface area contributed by atoms with Gasteiger partial charge in [-0.05, 0) is 44.4 Å². The Hall–Kier alpha value is -0.810. The molecule has 0 amide bonds. The number of nitrogens with zero attached hydrogens (tertiary/aromatic N) is 1. The van der Waals surface area contributed by atoms with Gasteiger partial charge in [0.1, 0.15) is 0 Å². The molecule has 1 fully saturated rings. The average Bonchev–Trinajstić information content (AvgIpc) is 3.04. The van der Waals surface area contributed by atoms with E-state index >= 15 is 0 Å². The molecular formula is C18H37N3O2. The van der Waals surface area contributed by atoms with Gasteiger partial charge in [-0.15, -0.1) is 0 Å². The third-order valence-corrected chi connectivity index (χ3v) is 5.32. The lowest BCUT2D eigenvalue weighted by molar-refractivity contribution is 0.0417. The summed E-state index contributed by atoms with van der Waals surface area (Å²) in [7, 11) is 1.78. The van der Waals surface area contributed by atoms with Crippen LogP contribution in [0.5, 0.6) is 0 Å². The van der Waals surface area contributed by atoms with Crippen LogP contribution in [-0.2, 0) is 4.74 Å². The lowest BCUT2D eigenvalue weighted by Crippen LogP contribution is -2.44. The molecule has 0 aromatic rings. The number of rotatable bonds is 10. The Bertz CT molecular complexity index is 348. The summed E-state index contributed by atoms with van der Waals surface area (Å²) in [5.74, 6) is 0.816. The first-order chi connectivity index (χ1) is 11.0. The SMILES string of the molecule is CCNC(=NCC(O)(CC)CC)NCC1(CCOC)CCCC1. The van der Waals surface area contributed by atoms with Crippen LogP contribution in [0.25, 0.3) is 0 Å². The van der Waals surface area contributed by atoms with E-state index in [0.717, 1.165) is 44.9 Å². The van der Waals surface area contributed by atoms with Gasteiger partial charge in [-0.2, -0.15) is 0 Å². The number of ether oxygens (including phenoxy) is 1. The monoisotopic (exact) mass is 327 g/mol. The quantitative estimate of drug-likeness (QED) is 0.426. The Kier molecular flexibility index (Phi) is 8.92. The van der Waals surface area contributed by atoms with Crippen molar-refractivity contribution in [1.29, 1.82) is 0 Å². The van der Waals surface area contributed by atoms with E-state index in [1.54, 1.807) is 7.11 Å². The summed E-state index contributed by atoms with van der Waals surface area (Å²) >= 11 is 0. The second-order valence-electron chi connectivity index (χ2n) is 6.93. The van der Waals surface area contributed by atoms with Gasteiger partial charge in [-0.25, -0.2) is 0 Å². The summed E-state index contributed by atoms with van der Waals surface area (Å²) in [6.07, 6.45) is 7.69. The van der Waals surface area contributed by atoms with Crippen molar-refractivity contribution in [3.05, 3.63) is 0 Å². The van der Waals surface area contributed by atoms with Crippen LogP contribution >= 0.6 is 0 Å². The van der Waals surface area contributed by atoms with Gasteiger partial charge < -0.3 is 20.5 Å². The minimum atomic E-state index is -0.691. The highest BCUT2D eigenvalue weighted by molar-refractivity contribution is 5.79. The van der Waals surface area contributed by atoms with Crippen molar-refractivity contribution in [2.45, 2.75) is 71.3 Å². The largest absolute Gasteiger partial charge is 0.388 e. The third-order valence-electron chi connectivity index (χ3n) is 5.32. The fourth-order valence-electron chi connectivity index (χ4n) is 3.27. The molecule has 0 radical (unpaired) electrons. The number of methoxy groups -OCH3 is 1. The average molecular weight is 328 g/mol. The van der Waals surface area contributed by atoms with Crippen LogP contribution < -0.4 is 10.6 Å². The van der Waals surface area contributed by atoms with Crippen molar-refractivity contribution in [2.24, 2.45) is 10.4 Å². The minimum absolute atomic E-state index is 0.331. The molecule has 1 saturated carbocycles. The molecule has 1 rings (SSSR count). The van der Waals surface area contributed by atoms with Crippen molar-refractivity contribution in [2.75, 3.05) is 33.4 Å². The summed E-state index contributed by atoms with van der Waals surface area (Å²) in [6.45, 7) is 9.11. The number of aliphatic hydroxyl groups is 1. The van der Waals surface area contributed by atoms with Gasteiger partial charge in [0.15, 0.2) is 5.96 Å². The molecule has 1 aliphatic rings. The van der Waals surface area contributed by atoms with Gasteiger partial charge in [0.25, 0.3) is 0 Å². The smallest absolute Gasteiger partial charge is 0.191 e. The van der Waals surface area contributed by atoms with Crippen LogP contribution in [0.1, 0.15) is 65.7 Å². The first kappa shape index (κ1) is 20.2. The van der Waals surface area contributed by atoms with Gasteiger partial charge in [0, 0.05) is 26.8 Å². The molecule has 0 heterocycles. The summed E-state index contributed by atoms with van der Waals surface area (Å²) < 4.78 is 5.30. The summed E-state index contributed by atoms with van der Waals surface area (Å²) in [5, 5.41) is 17.2. The van der Waals surface area contributed by atoms with E-state index in [9.17, 15) is 5.11 Å². The highest BCUT2D eigenvalue weighted by Gasteiger charge is 2.33. The lowest BCUT2D eigenvalue weighted by atomic mass is 9.83. The maximum absolute atomic E-state index is 10.4. The summed E-state index contributed by atoms with van der Waals surface area (Å²) in [5.41, 5.74) is -0.360. The molecule has 0 atom stereocenters. The number of hydrogen-bond acceptors (Lipinski definition) is 3. The van der Waals surface area contributed by atoms with Crippen molar-refractivity contribution >= 4 is 5.96 Å². The van der Waals surface area contributed by atoms with E-state index in [0.29, 0.717) is 12.0 Å². The third kappa shape index (κ3) is 6.68. The van der Waals surface area contributed by atoms with E-state index in [2.05, 4.69) is 22.5 Å². The van der Waals surface area contributed by atoms with Crippen LogP contribution in [-0.4, -0.2) is 50.0 Å². The summed E-state index contributed by atoms with van der Waals surface area (Å²) in [4.78, 5) is 4.61. The van der Waals surface area contributed by atoms with E-state index in [1.165, 1.54) is 25.7 Å². The predicted octanol–water partition coefficient (Wildman–Crippen LogP) is 2.69. The minimum Gasteiger partial charge on any atom is -0.388 e. The van der Waals surface area contributed by atoms with Gasteiger partial charge >= 0.3 is 0 Å². The predicted molar refractivity (Wildman–Crippen MR) is 96.9 cm³/mol. The Morgan fingerprint density at radius 2 is 1.83 bits per heavy atom. The van der Waals surface area contributed by atoms with E-state index < -0.39 is 5.60 Å². The van der Waals surface area contributed by atoms with E-state index in [4.69, 9.17) is 4.74 Å². The van der Waals surface area contributed by atoms with Gasteiger partial charge in [0.05, 0.1) is 12.1 Å². The normalized spacial score (nSPS) is 18.2. The zero-order valence-corrected chi connectivity index (χ0v) is 15.6. The topological polar surface area (TPSA) is 65.9 Å². The maximum Gasteiger partial charge on any atom is 0.191 e. The maximum atomic E-state index is 10.4. The summed E-state index contributed by atoms with van der Waals surface area (Å²) in [6, 6.07) is 0. The van der Waals surface area contributed by atoms with Gasteiger partial charge in [0.2, 0.25) is 0 Å². The number of hydrogen-bond donors (Lipinski definition) is 3. The fourth-order valence-corrected chi connectivity index (χ4v) is 3.27. The molecule has 0 aromatic heterocycles. The molecule has 0 aromatic carbocycles. The van der Waals surface area contributed by atoms with Crippen molar-refractivity contribution in [3.8, 4) is 0 Å².